The van der Waals surface area contributed by atoms with Crippen LogP contribution in [0.3, 0.4) is 0 Å². The molecule has 0 saturated carbocycles. The second-order valence-electron chi connectivity index (χ2n) is 4.31. The molecule has 0 aliphatic carbocycles. The zero-order valence-corrected chi connectivity index (χ0v) is 12.2. The Bertz CT molecular complexity index is 505. The van der Waals surface area contributed by atoms with Crippen molar-refractivity contribution >= 4 is 35.1 Å². The monoisotopic (exact) mass is 303 g/mol. The van der Waals surface area contributed by atoms with Crippen LogP contribution in [-0.2, 0) is 19.7 Å². The highest BCUT2D eigenvalue weighted by Gasteiger charge is 2.36. The van der Waals surface area contributed by atoms with Crippen molar-refractivity contribution in [3.8, 4) is 0 Å². The predicted octanol–water partition coefficient (Wildman–Crippen LogP) is 2.69. The minimum absolute atomic E-state index is 0.145. The summed E-state index contributed by atoms with van der Waals surface area (Å²) in [6.45, 7) is 3.51. The molecule has 0 heterocycles. The molecule has 0 radical (unpaired) electrons. The maximum atomic E-state index is 11.7. The smallest absolute Gasteiger partial charge is 0.307 e. The maximum absolute atomic E-state index is 11.7. The van der Waals surface area contributed by atoms with Gasteiger partial charge >= 0.3 is 5.97 Å². The Morgan fingerprint density at radius 3 is 2.42 bits per heavy atom. The third-order valence-corrected chi connectivity index (χ3v) is 3.64. The molecule has 1 amide bonds. The van der Waals surface area contributed by atoms with Gasteiger partial charge in [0.25, 0.3) is 0 Å². The van der Waals surface area contributed by atoms with Crippen molar-refractivity contribution in [3.05, 3.63) is 33.8 Å². The third kappa shape index (κ3) is 3.61. The normalized spacial score (nSPS) is 13.7. The van der Waals surface area contributed by atoms with Gasteiger partial charge in [0, 0.05) is 0 Å². The fourth-order valence-electron chi connectivity index (χ4n) is 1.67. The van der Waals surface area contributed by atoms with Gasteiger partial charge in [0.05, 0.1) is 28.5 Å². The Hall–Kier alpha value is -1.26. The highest BCUT2D eigenvalue weighted by molar-refractivity contribution is 6.42. The van der Waals surface area contributed by atoms with Gasteiger partial charge in [0.1, 0.15) is 0 Å². The van der Waals surface area contributed by atoms with Gasteiger partial charge in [-0.2, -0.15) is 0 Å². The van der Waals surface area contributed by atoms with Gasteiger partial charge in [0.2, 0.25) is 5.91 Å². The number of halogens is 2. The number of hydrogen-bond donors (Lipinski definition) is 1. The van der Waals surface area contributed by atoms with Crippen LogP contribution in [-0.4, -0.2) is 18.5 Å². The molecule has 0 saturated heterocycles. The minimum atomic E-state index is -1.18. The van der Waals surface area contributed by atoms with E-state index in [-0.39, 0.29) is 13.0 Å². The van der Waals surface area contributed by atoms with E-state index in [0.29, 0.717) is 15.6 Å². The summed E-state index contributed by atoms with van der Waals surface area (Å²) in [5, 5.41) is 0.670. The van der Waals surface area contributed by atoms with E-state index < -0.39 is 17.3 Å². The van der Waals surface area contributed by atoms with E-state index in [9.17, 15) is 9.59 Å². The molecule has 0 aliphatic rings. The lowest BCUT2D eigenvalue weighted by Gasteiger charge is -2.25. The van der Waals surface area contributed by atoms with Crippen molar-refractivity contribution in [1.29, 1.82) is 0 Å². The summed E-state index contributed by atoms with van der Waals surface area (Å²) >= 11 is 11.7. The van der Waals surface area contributed by atoms with Gasteiger partial charge in [0.15, 0.2) is 0 Å². The van der Waals surface area contributed by atoms with E-state index in [4.69, 9.17) is 33.7 Å². The van der Waals surface area contributed by atoms with Crippen molar-refractivity contribution < 1.29 is 14.3 Å². The van der Waals surface area contributed by atoms with E-state index in [2.05, 4.69) is 0 Å². The van der Waals surface area contributed by atoms with Gasteiger partial charge in [-0.1, -0.05) is 29.3 Å². The first-order chi connectivity index (χ1) is 8.81. The number of ether oxygens (including phenoxy) is 1. The number of carbonyl (C=O) groups excluding carboxylic acids is 2. The Morgan fingerprint density at radius 2 is 1.95 bits per heavy atom. The topological polar surface area (TPSA) is 69.4 Å². The predicted molar refractivity (Wildman–Crippen MR) is 74.3 cm³/mol. The molecule has 0 bridgehead atoms. The minimum Gasteiger partial charge on any atom is -0.466 e. The van der Waals surface area contributed by atoms with E-state index in [1.54, 1.807) is 26.0 Å². The van der Waals surface area contributed by atoms with Crippen molar-refractivity contribution in [2.24, 2.45) is 5.73 Å². The first-order valence-corrected chi connectivity index (χ1v) is 6.48. The molecule has 0 aromatic heterocycles. The zero-order valence-electron chi connectivity index (χ0n) is 10.7. The summed E-state index contributed by atoms with van der Waals surface area (Å²) in [5.41, 5.74) is 4.76. The molecule has 1 aromatic rings. The number of benzene rings is 1. The number of nitrogens with two attached hydrogens (primary N) is 1. The number of esters is 1. The molecule has 6 heteroatoms. The van der Waals surface area contributed by atoms with Crippen LogP contribution < -0.4 is 5.73 Å². The van der Waals surface area contributed by atoms with Crippen LogP contribution in [0.25, 0.3) is 0 Å². The average Bonchev–Trinajstić information content (AvgIpc) is 2.32. The largest absolute Gasteiger partial charge is 0.466 e. The number of amides is 1. The molecule has 4 nitrogen and oxygen atoms in total. The van der Waals surface area contributed by atoms with Crippen LogP contribution in [0.15, 0.2) is 18.2 Å². The van der Waals surface area contributed by atoms with Crippen LogP contribution >= 0.6 is 23.2 Å². The molecule has 19 heavy (non-hydrogen) atoms. The quantitative estimate of drug-likeness (QED) is 0.850. The maximum Gasteiger partial charge on any atom is 0.307 e. The van der Waals surface area contributed by atoms with Crippen molar-refractivity contribution in [3.63, 3.8) is 0 Å². The molecular formula is C13H15Cl2NO3. The first kappa shape index (κ1) is 15.8. The summed E-state index contributed by atoms with van der Waals surface area (Å²) < 4.78 is 4.86. The summed E-state index contributed by atoms with van der Waals surface area (Å²) in [7, 11) is 0. The van der Waals surface area contributed by atoms with E-state index >= 15 is 0 Å². The number of hydrogen-bond acceptors (Lipinski definition) is 3. The molecular weight excluding hydrogens is 289 g/mol. The number of primary amides is 1. The van der Waals surface area contributed by atoms with Crippen molar-refractivity contribution in [2.75, 3.05) is 6.61 Å². The van der Waals surface area contributed by atoms with Crippen LogP contribution in [0.5, 0.6) is 0 Å². The van der Waals surface area contributed by atoms with Crippen LogP contribution in [0.4, 0.5) is 0 Å². The molecule has 104 valence electrons. The van der Waals surface area contributed by atoms with Gasteiger partial charge < -0.3 is 10.5 Å². The fourth-order valence-corrected chi connectivity index (χ4v) is 1.97. The Kier molecular flexibility index (Phi) is 5.20. The van der Waals surface area contributed by atoms with Crippen molar-refractivity contribution in [1.82, 2.24) is 0 Å². The van der Waals surface area contributed by atoms with Gasteiger partial charge in [-0.05, 0) is 31.5 Å². The lowest BCUT2D eigenvalue weighted by atomic mass is 9.79. The molecule has 0 aliphatic heterocycles. The number of rotatable bonds is 5. The highest BCUT2D eigenvalue weighted by atomic mass is 35.5. The first-order valence-electron chi connectivity index (χ1n) is 5.72. The van der Waals surface area contributed by atoms with E-state index in [0.717, 1.165) is 0 Å². The fraction of sp³-hybridized carbons (Fsp3) is 0.385. The van der Waals surface area contributed by atoms with E-state index in [1.807, 2.05) is 0 Å². The molecule has 0 fully saturated rings. The van der Waals surface area contributed by atoms with Crippen molar-refractivity contribution in [2.45, 2.75) is 25.7 Å². The lowest BCUT2D eigenvalue weighted by molar-refractivity contribution is -0.146. The average molecular weight is 304 g/mol. The molecule has 0 spiro atoms. The van der Waals surface area contributed by atoms with E-state index in [1.165, 1.54) is 6.07 Å². The molecule has 1 unspecified atom stereocenters. The summed E-state index contributed by atoms with van der Waals surface area (Å²) in [6, 6.07) is 4.72. The van der Waals surface area contributed by atoms with Gasteiger partial charge in [-0.3, -0.25) is 9.59 Å². The SMILES string of the molecule is CCOC(=O)CC(C)(C(N)=O)c1ccc(Cl)c(Cl)c1. The number of carbonyl (C=O) groups is 2. The Morgan fingerprint density at radius 1 is 1.32 bits per heavy atom. The standard InChI is InChI=1S/C13H15Cl2NO3/c1-3-19-11(17)7-13(2,12(16)18)8-4-5-9(14)10(15)6-8/h4-6H,3,7H2,1-2H3,(H2,16,18). The summed E-state index contributed by atoms with van der Waals surface area (Å²) in [4.78, 5) is 23.3. The molecule has 1 aromatic carbocycles. The Balaban J connectivity index is 3.14. The molecule has 2 N–H and O–H groups in total. The van der Waals surface area contributed by atoms with Crippen LogP contribution in [0.2, 0.25) is 10.0 Å². The Labute approximate surface area is 121 Å². The summed E-state index contributed by atoms with van der Waals surface area (Å²) in [6.07, 6.45) is -0.145. The lowest BCUT2D eigenvalue weighted by Crippen LogP contribution is -2.40. The zero-order chi connectivity index (χ0) is 14.6. The summed E-state index contributed by atoms with van der Waals surface area (Å²) in [5.74, 6) is -1.12. The third-order valence-electron chi connectivity index (χ3n) is 2.90. The van der Waals surface area contributed by atoms with Crippen LogP contribution in [0.1, 0.15) is 25.8 Å². The molecule has 1 atom stereocenters. The van der Waals surface area contributed by atoms with Gasteiger partial charge in [-0.15, -0.1) is 0 Å². The highest BCUT2D eigenvalue weighted by Crippen LogP contribution is 2.32. The van der Waals surface area contributed by atoms with Crippen LogP contribution in [0, 0.1) is 0 Å². The molecule has 1 rings (SSSR count). The second kappa shape index (κ2) is 6.26. The van der Waals surface area contributed by atoms with Gasteiger partial charge in [-0.25, -0.2) is 0 Å². The second-order valence-corrected chi connectivity index (χ2v) is 5.12.